The average Bonchev–Trinajstić information content (AvgIpc) is 2.65. The average molecular weight is 342 g/mol. The van der Waals surface area contributed by atoms with Crippen LogP contribution in [-0.2, 0) is 22.6 Å². The second kappa shape index (κ2) is 9.39. The molecule has 0 radical (unpaired) electrons. The summed E-state index contributed by atoms with van der Waals surface area (Å²) in [7, 11) is 1.49. The van der Waals surface area contributed by atoms with Crippen molar-refractivity contribution in [2.45, 2.75) is 26.1 Å². The summed E-state index contributed by atoms with van der Waals surface area (Å²) >= 11 is 0. The van der Waals surface area contributed by atoms with Gasteiger partial charge < -0.3 is 20.7 Å². The Hall–Kier alpha value is -2.93. The van der Waals surface area contributed by atoms with Gasteiger partial charge in [-0.05, 0) is 42.3 Å². The number of urea groups is 1. The van der Waals surface area contributed by atoms with E-state index in [9.17, 15) is 9.59 Å². The third kappa shape index (κ3) is 6.23. The maximum atomic E-state index is 12.0. The van der Waals surface area contributed by atoms with Crippen molar-refractivity contribution in [1.29, 1.82) is 0 Å². The van der Waals surface area contributed by atoms with Crippen LogP contribution >= 0.6 is 0 Å². The van der Waals surface area contributed by atoms with E-state index in [0.29, 0.717) is 18.8 Å². The van der Waals surface area contributed by atoms with Crippen LogP contribution in [0.2, 0.25) is 0 Å². The molecule has 2 rings (SSSR count). The predicted molar refractivity (Wildman–Crippen MR) is 94.9 cm³/mol. The van der Waals surface area contributed by atoms with Gasteiger partial charge in [-0.1, -0.05) is 12.1 Å². The molecule has 0 aliphatic heterocycles. The first-order valence-electron chi connectivity index (χ1n) is 7.91. The lowest BCUT2D eigenvalue weighted by Gasteiger charge is -2.12. The third-order valence-electron chi connectivity index (χ3n) is 3.58. The Morgan fingerprint density at radius 2 is 1.80 bits per heavy atom. The molecule has 25 heavy (non-hydrogen) atoms. The van der Waals surface area contributed by atoms with Gasteiger partial charge in [0.25, 0.3) is 0 Å². The lowest BCUT2D eigenvalue weighted by molar-refractivity contribution is -0.130. The van der Waals surface area contributed by atoms with Crippen molar-refractivity contribution < 1.29 is 14.3 Å². The molecule has 1 aromatic heterocycles. The largest absolute Gasteiger partial charge is 0.372 e. The Bertz CT molecular complexity index is 706. The molecule has 0 saturated heterocycles. The summed E-state index contributed by atoms with van der Waals surface area (Å²) in [5, 5.41) is 8.33. The smallest absolute Gasteiger partial charge is 0.319 e. The molecule has 0 spiro atoms. The van der Waals surface area contributed by atoms with E-state index in [1.165, 1.54) is 7.11 Å². The molecule has 0 bridgehead atoms. The topological polar surface area (TPSA) is 92.4 Å². The molecule has 0 unspecified atom stereocenters. The molecule has 7 nitrogen and oxygen atoms in total. The number of benzene rings is 1. The first-order chi connectivity index (χ1) is 12.1. The SMILES string of the molecule is CO[C@H](C)C(=O)NCc1cccc(NC(=O)NCc2ccncc2)c1. The number of amides is 3. The second-order valence-corrected chi connectivity index (χ2v) is 5.46. The van der Waals surface area contributed by atoms with Gasteiger partial charge in [0.2, 0.25) is 5.91 Å². The molecule has 132 valence electrons. The van der Waals surface area contributed by atoms with Crippen LogP contribution in [0.1, 0.15) is 18.1 Å². The van der Waals surface area contributed by atoms with Crippen LogP contribution in [-0.4, -0.2) is 30.1 Å². The molecule has 3 N–H and O–H groups in total. The highest BCUT2D eigenvalue weighted by atomic mass is 16.5. The van der Waals surface area contributed by atoms with E-state index < -0.39 is 6.10 Å². The number of aromatic nitrogens is 1. The summed E-state index contributed by atoms with van der Waals surface area (Å²) in [6, 6.07) is 10.7. The molecule has 1 heterocycles. The van der Waals surface area contributed by atoms with Crippen LogP contribution in [0.5, 0.6) is 0 Å². The van der Waals surface area contributed by atoms with E-state index in [-0.39, 0.29) is 11.9 Å². The second-order valence-electron chi connectivity index (χ2n) is 5.46. The number of hydrogen-bond acceptors (Lipinski definition) is 4. The van der Waals surface area contributed by atoms with Crippen molar-refractivity contribution in [2.24, 2.45) is 0 Å². The summed E-state index contributed by atoms with van der Waals surface area (Å²) in [4.78, 5) is 27.6. The fraction of sp³-hybridized carbons (Fsp3) is 0.278. The number of nitrogens with one attached hydrogen (secondary N) is 3. The molecule has 1 aromatic carbocycles. The predicted octanol–water partition coefficient (Wildman–Crippen LogP) is 2.05. The summed E-state index contributed by atoms with van der Waals surface area (Å²) in [5.74, 6) is -0.184. The Morgan fingerprint density at radius 3 is 2.52 bits per heavy atom. The van der Waals surface area contributed by atoms with Gasteiger partial charge in [-0.3, -0.25) is 9.78 Å². The number of pyridine rings is 1. The minimum atomic E-state index is -0.500. The van der Waals surface area contributed by atoms with Crippen LogP contribution in [0, 0.1) is 0 Å². The van der Waals surface area contributed by atoms with E-state index in [1.54, 1.807) is 25.4 Å². The van der Waals surface area contributed by atoms with E-state index in [4.69, 9.17) is 4.74 Å². The lowest BCUT2D eigenvalue weighted by atomic mass is 10.2. The van der Waals surface area contributed by atoms with Crippen LogP contribution in [0.4, 0.5) is 10.5 Å². The molecular formula is C18H22N4O3. The molecule has 0 aliphatic rings. The van der Waals surface area contributed by atoms with E-state index in [2.05, 4.69) is 20.9 Å². The number of ether oxygens (including phenoxy) is 1. The van der Waals surface area contributed by atoms with E-state index in [0.717, 1.165) is 11.1 Å². The summed E-state index contributed by atoms with van der Waals surface area (Å²) in [5.41, 5.74) is 2.50. The van der Waals surface area contributed by atoms with Gasteiger partial charge in [-0.2, -0.15) is 0 Å². The molecule has 7 heteroatoms. The lowest BCUT2D eigenvalue weighted by Crippen LogP contribution is -2.33. The number of nitrogens with zero attached hydrogens (tertiary/aromatic N) is 1. The first kappa shape index (κ1) is 18.4. The van der Waals surface area contributed by atoms with Gasteiger partial charge in [-0.25, -0.2) is 4.79 Å². The molecule has 0 fully saturated rings. The monoisotopic (exact) mass is 342 g/mol. The van der Waals surface area contributed by atoms with Gasteiger partial charge in [0.05, 0.1) is 0 Å². The quantitative estimate of drug-likeness (QED) is 0.718. The zero-order chi connectivity index (χ0) is 18.1. The van der Waals surface area contributed by atoms with Gasteiger partial charge in [0.15, 0.2) is 0 Å². The summed E-state index contributed by atoms with van der Waals surface area (Å²) < 4.78 is 4.96. The number of hydrogen-bond donors (Lipinski definition) is 3. The first-order valence-corrected chi connectivity index (χ1v) is 7.91. The molecule has 0 saturated carbocycles. The maximum Gasteiger partial charge on any atom is 0.319 e. The van der Waals surface area contributed by atoms with Gasteiger partial charge in [0.1, 0.15) is 6.10 Å². The van der Waals surface area contributed by atoms with Crippen LogP contribution in [0.15, 0.2) is 48.8 Å². The molecule has 2 aromatic rings. The van der Waals surface area contributed by atoms with Gasteiger partial charge >= 0.3 is 6.03 Å². The van der Waals surface area contributed by atoms with Crippen LogP contribution in [0.3, 0.4) is 0 Å². The summed E-state index contributed by atoms with van der Waals surface area (Å²) in [6.45, 7) is 2.46. The number of rotatable bonds is 7. The normalized spacial score (nSPS) is 11.4. The molecule has 1 atom stereocenters. The maximum absolute atomic E-state index is 12.0. The van der Waals surface area contributed by atoms with Gasteiger partial charge in [0, 0.05) is 38.3 Å². The minimum Gasteiger partial charge on any atom is -0.372 e. The van der Waals surface area contributed by atoms with Gasteiger partial charge in [-0.15, -0.1) is 0 Å². The highest BCUT2D eigenvalue weighted by Gasteiger charge is 2.10. The Labute approximate surface area is 146 Å². The highest BCUT2D eigenvalue weighted by Crippen LogP contribution is 2.10. The zero-order valence-corrected chi connectivity index (χ0v) is 14.3. The standard InChI is InChI=1S/C18H22N4O3/c1-13(25-2)17(23)20-12-15-4-3-5-16(10-15)22-18(24)21-11-14-6-8-19-9-7-14/h3-10,13H,11-12H2,1-2H3,(H,20,23)(H2,21,22,24)/t13-/m1/s1. The van der Waals surface area contributed by atoms with Crippen molar-refractivity contribution in [3.05, 3.63) is 59.9 Å². The molecule has 0 aliphatic carbocycles. The Balaban J connectivity index is 1.84. The van der Waals surface area contributed by atoms with Crippen molar-refractivity contribution in [1.82, 2.24) is 15.6 Å². The number of carbonyl (C=O) groups is 2. The number of carbonyl (C=O) groups excluding carboxylic acids is 2. The van der Waals surface area contributed by atoms with Crippen molar-refractivity contribution in [3.63, 3.8) is 0 Å². The van der Waals surface area contributed by atoms with Crippen molar-refractivity contribution in [3.8, 4) is 0 Å². The zero-order valence-electron chi connectivity index (χ0n) is 14.3. The fourth-order valence-electron chi connectivity index (χ4n) is 2.06. The third-order valence-corrected chi connectivity index (χ3v) is 3.58. The van der Waals surface area contributed by atoms with Crippen LogP contribution < -0.4 is 16.0 Å². The summed E-state index contributed by atoms with van der Waals surface area (Å²) in [6.07, 6.45) is 2.86. The molecular weight excluding hydrogens is 320 g/mol. The Kier molecular flexibility index (Phi) is 6.91. The number of methoxy groups -OCH3 is 1. The van der Waals surface area contributed by atoms with Crippen molar-refractivity contribution >= 4 is 17.6 Å². The van der Waals surface area contributed by atoms with E-state index in [1.807, 2.05) is 30.3 Å². The minimum absolute atomic E-state index is 0.184. The number of anilines is 1. The fourth-order valence-corrected chi connectivity index (χ4v) is 2.06. The van der Waals surface area contributed by atoms with Crippen molar-refractivity contribution in [2.75, 3.05) is 12.4 Å². The van der Waals surface area contributed by atoms with E-state index >= 15 is 0 Å². The van der Waals surface area contributed by atoms with Crippen LogP contribution in [0.25, 0.3) is 0 Å². The molecule has 3 amide bonds. The Morgan fingerprint density at radius 1 is 1.08 bits per heavy atom. The highest BCUT2D eigenvalue weighted by molar-refractivity contribution is 5.89.